The standard InChI is InChI=1S/C12H17F2N/c1-8(2)10-7-5-4-6-9(3)11(15-10)12(13)14/h5,7-8,12H,4,6H2,1-3H3. The molecule has 1 rings (SSSR count). The van der Waals surface area contributed by atoms with Crippen LogP contribution < -0.4 is 0 Å². The largest absolute Gasteiger partial charge is 0.280 e. The number of hydrogen-bond acceptors (Lipinski definition) is 1. The first-order valence-corrected chi connectivity index (χ1v) is 5.25. The molecule has 0 aliphatic carbocycles. The quantitative estimate of drug-likeness (QED) is 0.658. The summed E-state index contributed by atoms with van der Waals surface area (Å²) in [7, 11) is 0. The van der Waals surface area contributed by atoms with Crippen molar-refractivity contribution in [1.82, 2.24) is 0 Å². The van der Waals surface area contributed by atoms with Crippen LogP contribution in [0.5, 0.6) is 0 Å². The molecule has 84 valence electrons. The van der Waals surface area contributed by atoms with E-state index in [0.29, 0.717) is 12.0 Å². The van der Waals surface area contributed by atoms with Gasteiger partial charge in [0.2, 0.25) is 0 Å². The molecule has 0 atom stereocenters. The van der Waals surface area contributed by atoms with Gasteiger partial charge in [0.1, 0.15) is 5.70 Å². The number of aliphatic imine (C=N–C) groups is 1. The van der Waals surface area contributed by atoms with Crippen molar-refractivity contribution in [2.24, 2.45) is 10.9 Å². The normalized spacial score (nSPS) is 18.2. The molecule has 0 radical (unpaired) electrons. The minimum absolute atomic E-state index is 0.0388. The molecule has 0 unspecified atom stereocenters. The molecule has 0 aromatic heterocycles. The highest BCUT2D eigenvalue weighted by Crippen LogP contribution is 2.22. The van der Waals surface area contributed by atoms with Crippen molar-refractivity contribution < 1.29 is 8.78 Å². The Labute approximate surface area is 89.6 Å². The van der Waals surface area contributed by atoms with Gasteiger partial charge in [-0.3, -0.25) is 4.99 Å². The molecule has 0 N–H and O–H groups in total. The first-order valence-electron chi connectivity index (χ1n) is 5.25. The van der Waals surface area contributed by atoms with Gasteiger partial charge < -0.3 is 0 Å². The van der Waals surface area contributed by atoms with Crippen molar-refractivity contribution in [2.45, 2.75) is 40.0 Å². The number of hydrogen-bond donors (Lipinski definition) is 0. The lowest BCUT2D eigenvalue weighted by molar-refractivity contribution is 0.186. The van der Waals surface area contributed by atoms with E-state index in [4.69, 9.17) is 0 Å². The fourth-order valence-corrected chi connectivity index (χ4v) is 1.46. The molecule has 15 heavy (non-hydrogen) atoms. The van der Waals surface area contributed by atoms with E-state index in [-0.39, 0.29) is 11.6 Å². The molecule has 0 saturated carbocycles. The fourth-order valence-electron chi connectivity index (χ4n) is 1.46. The van der Waals surface area contributed by atoms with E-state index in [1.807, 2.05) is 26.0 Å². The predicted octanol–water partition coefficient (Wildman–Crippen LogP) is 3.97. The van der Waals surface area contributed by atoms with Crippen LogP contribution in [0.1, 0.15) is 33.6 Å². The lowest BCUT2D eigenvalue weighted by Crippen LogP contribution is -2.09. The third-order valence-electron chi connectivity index (χ3n) is 2.46. The number of rotatable bonds is 2. The van der Waals surface area contributed by atoms with Crippen molar-refractivity contribution >= 4 is 5.71 Å². The van der Waals surface area contributed by atoms with E-state index in [2.05, 4.69) is 4.99 Å². The zero-order valence-corrected chi connectivity index (χ0v) is 9.43. The van der Waals surface area contributed by atoms with Crippen LogP contribution in [-0.2, 0) is 0 Å². The van der Waals surface area contributed by atoms with Crippen molar-refractivity contribution in [3.8, 4) is 0 Å². The molecule has 0 aromatic rings. The van der Waals surface area contributed by atoms with E-state index in [1.54, 1.807) is 6.92 Å². The van der Waals surface area contributed by atoms with Crippen molar-refractivity contribution in [1.29, 1.82) is 0 Å². The maximum atomic E-state index is 12.7. The number of allylic oxidation sites excluding steroid dienone is 4. The molecule has 1 aliphatic heterocycles. The minimum atomic E-state index is -2.47. The molecule has 0 aromatic carbocycles. The zero-order valence-electron chi connectivity index (χ0n) is 9.43. The molecule has 1 heterocycles. The summed E-state index contributed by atoms with van der Waals surface area (Å²) in [6, 6.07) is 0. The van der Waals surface area contributed by atoms with Crippen LogP contribution in [0, 0.1) is 5.92 Å². The second-order valence-corrected chi connectivity index (χ2v) is 4.10. The Kier molecular flexibility index (Phi) is 4.18. The summed E-state index contributed by atoms with van der Waals surface area (Å²) in [5.74, 6) is 0.181. The molecular weight excluding hydrogens is 196 g/mol. The summed E-state index contributed by atoms with van der Waals surface area (Å²) in [6.45, 7) is 5.66. The topological polar surface area (TPSA) is 12.4 Å². The predicted molar refractivity (Wildman–Crippen MR) is 59.4 cm³/mol. The number of nitrogens with zero attached hydrogens (tertiary/aromatic N) is 1. The third-order valence-corrected chi connectivity index (χ3v) is 2.46. The lowest BCUT2D eigenvalue weighted by Gasteiger charge is -2.13. The zero-order chi connectivity index (χ0) is 11.4. The van der Waals surface area contributed by atoms with Crippen LogP contribution in [0.4, 0.5) is 8.78 Å². The Balaban J connectivity index is 3.11. The SMILES string of the molecule is CC1=C(C(F)F)N=C(C(C)C)C=CCC1. The van der Waals surface area contributed by atoms with Crippen LogP contribution >= 0.6 is 0 Å². The molecule has 0 bridgehead atoms. The Bertz CT molecular complexity index is 312. The second-order valence-electron chi connectivity index (χ2n) is 4.10. The van der Waals surface area contributed by atoms with E-state index >= 15 is 0 Å². The smallest absolute Gasteiger partial charge is 0.252 e. The van der Waals surface area contributed by atoms with Crippen LogP contribution in [0.25, 0.3) is 0 Å². The average Bonchev–Trinajstić information content (AvgIpc) is 2.10. The number of halogens is 2. The molecule has 3 heteroatoms. The van der Waals surface area contributed by atoms with E-state index < -0.39 is 6.43 Å². The van der Waals surface area contributed by atoms with Crippen molar-refractivity contribution in [3.05, 3.63) is 23.4 Å². The Morgan fingerprint density at radius 3 is 2.53 bits per heavy atom. The van der Waals surface area contributed by atoms with Gasteiger partial charge >= 0.3 is 0 Å². The maximum Gasteiger partial charge on any atom is 0.280 e. The Hall–Kier alpha value is -0.990. The van der Waals surface area contributed by atoms with Crippen LogP contribution in [0.2, 0.25) is 0 Å². The first kappa shape index (κ1) is 12.1. The molecule has 1 aliphatic rings. The third kappa shape index (κ3) is 3.26. The van der Waals surface area contributed by atoms with E-state index in [9.17, 15) is 8.78 Å². The van der Waals surface area contributed by atoms with E-state index in [0.717, 1.165) is 12.1 Å². The molecule has 0 spiro atoms. The van der Waals surface area contributed by atoms with Crippen LogP contribution in [0.3, 0.4) is 0 Å². The molecule has 1 nitrogen and oxygen atoms in total. The van der Waals surface area contributed by atoms with Crippen molar-refractivity contribution in [3.63, 3.8) is 0 Å². The average molecular weight is 213 g/mol. The second kappa shape index (κ2) is 5.19. The fraction of sp³-hybridized carbons (Fsp3) is 0.583. The first-order chi connectivity index (χ1) is 7.02. The highest BCUT2D eigenvalue weighted by atomic mass is 19.3. The minimum Gasteiger partial charge on any atom is -0.252 e. The van der Waals surface area contributed by atoms with Gasteiger partial charge in [-0.2, -0.15) is 0 Å². The van der Waals surface area contributed by atoms with Gasteiger partial charge in [-0.15, -0.1) is 0 Å². The summed E-state index contributed by atoms with van der Waals surface area (Å²) in [5.41, 5.74) is 1.40. The summed E-state index contributed by atoms with van der Waals surface area (Å²) in [6.07, 6.45) is 2.88. The van der Waals surface area contributed by atoms with Gasteiger partial charge in [0.25, 0.3) is 6.43 Å². The Morgan fingerprint density at radius 2 is 2.00 bits per heavy atom. The van der Waals surface area contributed by atoms with E-state index in [1.165, 1.54) is 0 Å². The lowest BCUT2D eigenvalue weighted by atomic mass is 10.0. The summed E-state index contributed by atoms with van der Waals surface area (Å²) in [4.78, 5) is 4.08. The molecule has 0 amide bonds. The summed E-state index contributed by atoms with van der Waals surface area (Å²) in [5, 5.41) is 0. The highest BCUT2D eigenvalue weighted by Gasteiger charge is 2.16. The van der Waals surface area contributed by atoms with Gasteiger partial charge in [0.15, 0.2) is 0 Å². The van der Waals surface area contributed by atoms with Gasteiger partial charge in [-0.05, 0) is 37.3 Å². The van der Waals surface area contributed by atoms with Crippen LogP contribution in [-0.4, -0.2) is 12.1 Å². The van der Waals surface area contributed by atoms with Crippen LogP contribution in [0.15, 0.2) is 28.4 Å². The monoisotopic (exact) mass is 213 g/mol. The van der Waals surface area contributed by atoms with Gasteiger partial charge in [0.05, 0.1) is 0 Å². The summed E-state index contributed by atoms with van der Waals surface area (Å²) < 4.78 is 25.5. The van der Waals surface area contributed by atoms with Gasteiger partial charge in [0, 0.05) is 5.71 Å². The molecule has 0 fully saturated rings. The number of alkyl halides is 2. The molecule has 0 saturated heterocycles. The maximum absolute atomic E-state index is 12.7. The summed E-state index contributed by atoms with van der Waals surface area (Å²) >= 11 is 0. The van der Waals surface area contributed by atoms with Gasteiger partial charge in [-0.1, -0.05) is 19.9 Å². The Morgan fingerprint density at radius 1 is 1.33 bits per heavy atom. The van der Waals surface area contributed by atoms with Crippen molar-refractivity contribution in [2.75, 3.05) is 0 Å². The molecular formula is C12H17F2N. The van der Waals surface area contributed by atoms with Gasteiger partial charge in [-0.25, -0.2) is 8.78 Å². The highest BCUT2D eigenvalue weighted by molar-refractivity contribution is 5.97.